The molecule has 7 heteroatoms. The summed E-state index contributed by atoms with van der Waals surface area (Å²) in [5.74, 6) is 1.25. The van der Waals surface area contributed by atoms with E-state index in [0.717, 1.165) is 11.8 Å². The second kappa shape index (κ2) is 5.00. The highest BCUT2D eigenvalue weighted by Gasteiger charge is 2.11. The number of nitrogens with zero attached hydrogens (tertiary/aromatic N) is 2. The molecule has 1 N–H and O–H groups in total. The maximum atomic E-state index is 11.1. The highest BCUT2D eigenvalue weighted by molar-refractivity contribution is 7.92. The minimum atomic E-state index is -3.26. The van der Waals surface area contributed by atoms with Gasteiger partial charge in [-0.1, -0.05) is 19.0 Å². The van der Waals surface area contributed by atoms with Crippen molar-refractivity contribution in [1.29, 1.82) is 0 Å². The lowest BCUT2D eigenvalue weighted by Crippen LogP contribution is -2.09. The molecule has 0 fully saturated rings. The fraction of sp³-hybridized carbons (Fsp3) is 0.333. The highest BCUT2D eigenvalue weighted by Crippen LogP contribution is 2.21. The Morgan fingerprint density at radius 1 is 1.21 bits per heavy atom. The minimum Gasteiger partial charge on any atom is -0.339 e. The molecule has 1 aromatic carbocycles. The van der Waals surface area contributed by atoms with Gasteiger partial charge >= 0.3 is 0 Å². The molecule has 0 spiro atoms. The van der Waals surface area contributed by atoms with Gasteiger partial charge in [0.05, 0.1) is 6.26 Å². The molecule has 0 atom stereocenters. The maximum Gasteiger partial charge on any atom is 0.229 e. The predicted octanol–water partition coefficient (Wildman–Crippen LogP) is 2.23. The molecular weight excluding hydrogens is 266 g/mol. The maximum absolute atomic E-state index is 11.1. The van der Waals surface area contributed by atoms with Crippen LogP contribution in [0, 0.1) is 0 Å². The first kappa shape index (κ1) is 13.5. The van der Waals surface area contributed by atoms with E-state index in [0.29, 0.717) is 17.4 Å². The second-order valence-corrected chi connectivity index (χ2v) is 6.31. The molecule has 2 aromatic rings. The summed E-state index contributed by atoms with van der Waals surface area (Å²) in [6, 6.07) is 6.79. The molecule has 0 saturated carbocycles. The van der Waals surface area contributed by atoms with Crippen molar-refractivity contribution < 1.29 is 12.9 Å². The van der Waals surface area contributed by atoms with Crippen LogP contribution < -0.4 is 4.72 Å². The van der Waals surface area contributed by atoms with Crippen LogP contribution in [-0.2, 0) is 10.0 Å². The van der Waals surface area contributed by atoms with Gasteiger partial charge in [0.25, 0.3) is 0 Å². The zero-order valence-corrected chi connectivity index (χ0v) is 11.7. The Balaban J connectivity index is 2.22. The summed E-state index contributed by atoms with van der Waals surface area (Å²) in [4.78, 5) is 4.27. The van der Waals surface area contributed by atoms with Crippen LogP contribution in [-0.4, -0.2) is 24.8 Å². The molecule has 102 valence electrons. The normalized spacial score (nSPS) is 11.8. The Morgan fingerprint density at radius 2 is 1.84 bits per heavy atom. The Hall–Kier alpha value is -1.89. The van der Waals surface area contributed by atoms with E-state index in [1.165, 1.54) is 0 Å². The Labute approximate surface area is 111 Å². The van der Waals surface area contributed by atoms with Gasteiger partial charge in [0.1, 0.15) is 0 Å². The topological polar surface area (TPSA) is 85.1 Å². The lowest BCUT2D eigenvalue weighted by molar-refractivity contribution is 0.365. The molecule has 0 saturated heterocycles. The van der Waals surface area contributed by atoms with Gasteiger partial charge in [-0.3, -0.25) is 4.72 Å². The van der Waals surface area contributed by atoms with Crippen molar-refractivity contribution in [1.82, 2.24) is 10.1 Å². The molecule has 0 amide bonds. The number of sulfonamides is 1. The summed E-state index contributed by atoms with van der Waals surface area (Å²) >= 11 is 0. The molecule has 1 aromatic heterocycles. The van der Waals surface area contributed by atoms with Crippen LogP contribution in [0.1, 0.15) is 25.7 Å². The highest BCUT2D eigenvalue weighted by atomic mass is 32.2. The fourth-order valence-corrected chi connectivity index (χ4v) is 2.05. The third-order valence-electron chi connectivity index (χ3n) is 2.38. The van der Waals surface area contributed by atoms with Gasteiger partial charge in [0.2, 0.25) is 21.7 Å². The van der Waals surface area contributed by atoms with Crippen molar-refractivity contribution in [3.63, 3.8) is 0 Å². The molecular formula is C12H15N3O3S. The summed E-state index contributed by atoms with van der Waals surface area (Å²) in [6.07, 6.45) is 1.11. The first-order valence-corrected chi connectivity index (χ1v) is 7.66. The van der Waals surface area contributed by atoms with Crippen molar-refractivity contribution in [2.24, 2.45) is 0 Å². The Morgan fingerprint density at radius 3 is 2.32 bits per heavy atom. The third kappa shape index (κ3) is 3.54. The number of hydrogen-bond donors (Lipinski definition) is 1. The van der Waals surface area contributed by atoms with E-state index in [2.05, 4.69) is 14.9 Å². The smallest absolute Gasteiger partial charge is 0.229 e. The van der Waals surface area contributed by atoms with Crippen LogP contribution >= 0.6 is 0 Å². The summed E-state index contributed by atoms with van der Waals surface area (Å²) in [5, 5.41) is 3.89. The first-order chi connectivity index (χ1) is 8.85. The summed E-state index contributed by atoms with van der Waals surface area (Å²) < 4.78 is 29.7. The standard InChI is InChI=1S/C12H15N3O3S/c1-8(2)12-13-11(14-18-12)9-4-6-10(7-5-9)15-19(3,16)17/h4-8,15H,1-3H3. The predicted molar refractivity (Wildman–Crippen MR) is 72.3 cm³/mol. The molecule has 2 rings (SSSR count). The molecule has 0 radical (unpaired) electrons. The number of hydrogen-bond acceptors (Lipinski definition) is 5. The molecule has 0 unspecified atom stereocenters. The minimum absolute atomic E-state index is 0.174. The van der Waals surface area contributed by atoms with Gasteiger partial charge in [-0.25, -0.2) is 8.42 Å². The van der Waals surface area contributed by atoms with E-state index in [4.69, 9.17) is 4.52 Å². The average Bonchev–Trinajstić information content (AvgIpc) is 2.77. The van der Waals surface area contributed by atoms with E-state index in [9.17, 15) is 8.42 Å². The number of rotatable bonds is 4. The van der Waals surface area contributed by atoms with Gasteiger partial charge < -0.3 is 4.52 Å². The van der Waals surface area contributed by atoms with Gasteiger partial charge in [-0.15, -0.1) is 0 Å². The lowest BCUT2D eigenvalue weighted by Gasteiger charge is -2.03. The molecule has 0 bridgehead atoms. The summed E-state index contributed by atoms with van der Waals surface area (Å²) in [5.41, 5.74) is 1.27. The largest absolute Gasteiger partial charge is 0.339 e. The van der Waals surface area contributed by atoms with Crippen LogP contribution in [0.2, 0.25) is 0 Å². The summed E-state index contributed by atoms with van der Waals surface area (Å²) in [6.45, 7) is 3.94. The second-order valence-electron chi connectivity index (χ2n) is 4.56. The third-order valence-corrected chi connectivity index (χ3v) is 2.99. The van der Waals surface area contributed by atoms with Crippen molar-refractivity contribution >= 4 is 15.7 Å². The van der Waals surface area contributed by atoms with Crippen molar-refractivity contribution in [3.05, 3.63) is 30.2 Å². The average molecular weight is 281 g/mol. The van der Waals surface area contributed by atoms with Crippen LogP contribution in [0.15, 0.2) is 28.8 Å². The zero-order chi connectivity index (χ0) is 14.0. The van der Waals surface area contributed by atoms with Crippen molar-refractivity contribution in [2.45, 2.75) is 19.8 Å². The SMILES string of the molecule is CC(C)c1nc(-c2ccc(NS(C)(=O)=O)cc2)no1. The molecule has 19 heavy (non-hydrogen) atoms. The van der Waals surface area contributed by atoms with E-state index in [1.807, 2.05) is 13.8 Å². The van der Waals surface area contributed by atoms with Gasteiger partial charge in [0, 0.05) is 17.2 Å². The van der Waals surface area contributed by atoms with Crippen LogP contribution in [0.25, 0.3) is 11.4 Å². The van der Waals surface area contributed by atoms with Gasteiger partial charge in [-0.2, -0.15) is 4.98 Å². The van der Waals surface area contributed by atoms with Crippen LogP contribution in [0.4, 0.5) is 5.69 Å². The Bertz CT molecular complexity index is 660. The quantitative estimate of drug-likeness (QED) is 0.928. The number of nitrogens with one attached hydrogen (secondary N) is 1. The number of benzene rings is 1. The van der Waals surface area contributed by atoms with Gasteiger partial charge in [0.15, 0.2) is 0 Å². The molecule has 0 aliphatic carbocycles. The van der Waals surface area contributed by atoms with E-state index < -0.39 is 10.0 Å². The van der Waals surface area contributed by atoms with E-state index >= 15 is 0 Å². The number of anilines is 1. The van der Waals surface area contributed by atoms with Crippen LogP contribution in [0.5, 0.6) is 0 Å². The molecule has 1 heterocycles. The molecule has 0 aliphatic rings. The summed E-state index contributed by atoms with van der Waals surface area (Å²) in [7, 11) is -3.26. The zero-order valence-electron chi connectivity index (χ0n) is 10.9. The monoisotopic (exact) mass is 281 g/mol. The Kier molecular flexibility index (Phi) is 3.57. The molecule has 6 nitrogen and oxygen atoms in total. The van der Waals surface area contributed by atoms with Gasteiger partial charge in [-0.05, 0) is 24.3 Å². The fourth-order valence-electron chi connectivity index (χ4n) is 1.49. The molecule has 0 aliphatic heterocycles. The van der Waals surface area contributed by atoms with Crippen molar-refractivity contribution in [3.8, 4) is 11.4 Å². The van der Waals surface area contributed by atoms with E-state index in [-0.39, 0.29) is 5.92 Å². The first-order valence-electron chi connectivity index (χ1n) is 5.77. The van der Waals surface area contributed by atoms with Crippen molar-refractivity contribution in [2.75, 3.05) is 11.0 Å². The van der Waals surface area contributed by atoms with E-state index in [1.54, 1.807) is 24.3 Å². The lowest BCUT2D eigenvalue weighted by atomic mass is 10.2. The number of aromatic nitrogens is 2. The van der Waals surface area contributed by atoms with Crippen LogP contribution in [0.3, 0.4) is 0 Å².